The van der Waals surface area contributed by atoms with Gasteiger partial charge in [-0.05, 0) is 48.9 Å². The first-order chi connectivity index (χ1) is 10.6. The lowest BCUT2D eigenvalue weighted by Crippen LogP contribution is -2.17. The van der Waals surface area contributed by atoms with Crippen molar-refractivity contribution < 1.29 is 26.3 Å². The molecule has 124 valence electrons. The van der Waals surface area contributed by atoms with Crippen molar-refractivity contribution in [3.8, 4) is 5.75 Å². The van der Waals surface area contributed by atoms with Crippen molar-refractivity contribution >= 4 is 27.3 Å². The summed E-state index contributed by atoms with van der Waals surface area (Å²) in [4.78, 5) is -0.219. The number of ether oxygens (including phenoxy) is 1. The van der Waals surface area contributed by atoms with Gasteiger partial charge in [-0.15, -0.1) is 13.2 Å². The molecule has 2 aromatic carbocycles. The lowest BCUT2D eigenvalue weighted by molar-refractivity contribution is -0.274. The number of anilines is 1. The van der Waals surface area contributed by atoms with Crippen molar-refractivity contribution in [3.63, 3.8) is 0 Å². The van der Waals surface area contributed by atoms with E-state index in [-0.39, 0.29) is 15.6 Å². The Labute approximate surface area is 135 Å². The normalized spacial score (nSPS) is 12.0. The van der Waals surface area contributed by atoms with Crippen molar-refractivity contribution in [2.75, 3.05) is 4.72 Å². The molecule has 1 N–H and O–H groups in total. The van der Waals surface area contributed by atoms with Gasteiger partial charge in [0.2, 0.25) is 0 Å². The van der Waals surface area contributed by atoms with Gasteiger partial charge in [0.15, 0.2) is 0 Å². The number of benzene rings is 2. The van der Waals surface area contributed by atoms with Gasteiger partial charge < -0.3 is 4.74 Å². The number of aryl methyl sites for hydroxylation is 1. The van der Waals surface area contributed by atoms with Gasteiger partial charge in [-0.3, -0.25) is 4.72 Å². The summed E-state index contributed by atoms with van der Waals surface area (Å²) in [5.41, 5.74) is 1.03. The predicted molar refractivity (Wildman–Crippen MR) is 80.1 cm³/mol. The Kier molecular flexibility index (Phi) is 4.76. The van der Waals surface area contributed by atoms with Crippen molar-refractivity contribution in [2.24, 2.45) is 0 Å². The van der Waals surface area contributed by atoms with Crippen LogP contribution in [0.1, 0.15) is 5.56 Å². The van der Waals surface area contributed by atoms with E-state index < -0.39 is 22.1 Å². The lowest BCUT2D eigenvalue weighted by Gasteiger charge is -2.12. The van der Waals surface area contributed by atoms with Gasteiger partial charge >= 0.3 is 6.36 Å². The summed E-state index contributed by atoms with van der Waals surface area (Å²) in [6, 6.07) is 8.59. The summed E-state index contributed by atoms with van der Waals surface area (Å²) < 4.78 is 66.6. The number of halogens is 4. The fraction of sp³-hybridized carbons (Fsp3) is 0.143. The molecule has 0 aliphatic carbocycles. The summed E-state index contributed by atoms with van der Waals surface area (Å²) >= 11 is 5.95. The molecule has 0 heterocycles. The van der Waals surface area contributed by atoms with Crippen LogP contribution in [-0.2, 0) is 10.0 Å². The number of hydrogen-bond acceptors (Lipinski definition) is 3. The van der Waals surface area contributed by atoms with E-state index in [4.69, 9.17) is 11.6 Å². The minimum atomic E-state index is -4.84. The fourth-order valence-electron chi connectivity index (χ4n) is 1.73. The number of alkyl halides is 3. The van der Waals surface area contributed by atoms with Crippen LogP contribution < -0.4 is 9.46 Å². The Balaban J connectivity index is 2.22. The molecule has 23 heavy (non-hydrogen) atoms. The number of rotatable bonds is 4. The maximum atomic E-state index is 12.2. The van der Waals surface area contributed by atoms with Crippen LogP contribution in [0.2, 0.25) is 5.02 Å². The zero-order chi connectivity index (χ0) is 17.3. The first-order valence-corrected chi connectivity index (χ1v) is 8.08. The second-order valence-electron chi connectivity index (χ2n) is 4.61. The van der Waals surface area contributed by atoms with Gasteiger partial charge in [-0.1, -0.05) is 17.7 Å². The second kappa shape index (κ2) is 6.29. The average molecular weight is 366 g/mol. The van der Waals surface area contributed by atoms with Crippen LogP contribution in [0.15, 0.2) is 47.4 Å². The van der Waals surface area contributed by atoms with Crippen molar-refractivity contribution in [1.29, 1.82) is 0 Å². The van der Waals surface area contributed by atoms with Gasteiger partial charge in [-0.25, -0.2) is 8.42 Å². The molecule has 0 amide bonds. The zero-order valence-corrected chi connectivity index (χ0v) is 13.3. The molecule has 2 aromatic rings. The third-order valence-electron chi connectivity index (χ3n) is 2.74. The molecule has 0 fully saturated rings. The Hall–Kier alpha value is -1.93. The molecular formula is C14H11ClF3NO3S. The number of hydrogen-bond donors (Lipinski definition) is 1. The van der Waals surface area contributed by atoms with Crippen LogP contribution >= 0.6 is 11.6 Å². The molecule has 9 heteroatoms. The third-order valence-corrected chi connectivity index (χ3v) is 4.43. The third kappa shape index (κ3) is 4.77. The van der Waals surface area contributed by atoms with Crippen LogP contribution in [0.4, 0.5) is 18.9 Å². The van der Waals surface area contributed by atoms with Crippen molar-refractivity contribution in [3.05, 3.63) is 53.1 Å². The highest BCUT2D eigenvalue weighted by atomic mass is 35.5. The second-order valence-corrected chi connectivity index (χ2v) is 6.70. The maximum absolute atomic E-state index is 12.2. The monoisotopic (exact) mass is 365 g/mol. The quantitative estimate of drug-likeness (QED) is 0.876. The van der Waals surface area contributed by atoms with Gasteiger partial charge in [0.05, 0.1) is 15.6 Å². The minimum absolute atomic E-state index is 0.174. The maximum Gasteiger partial charge on any atom is 0.573 e. The molecule has 0 radical (unpaired) electrons. The molecule has 0 spiro atoms. The fourth-order valence-corrected chi connectivity index (χ4v) is 3.15. The first-order valence-electron chi connectivity index (χ1n) is 6.22. The Bertz CT molecular complexity index is 805. The van der Waals surface area contributed by atoms with Crippen molar-refractivity contribution in [2.45, 2.75) is 18.2 Å². The van der Waals surface area contributed by atoms with E-state index >= 15 is 0 Å². The highest BCUT2D eigenvalue weighted by Gasteiger charge is 2.31. The van der Waals surface area contributed by atoms with E-state index in [1.54, 1.807) is 19.1 Å². The van der Waals surface area contributed by atoms with Gasteiger partial charge in [-0.2, -0.15) is 0 Å². The summed E-state index contributed by atoms with van der Waals surface area (Å²) in [5.74, 6) is -0.509. The number of nitrogens with one attached hydrogen (secondary N) is 1. The molecule has 0 aliphatic rings. The van der Waals surface area contributed by atoms with E-state index in [1.807, 2.05) is 0 Å². The smallest absolute Gasteiger partial charge is 0.406 e. The largest absolute Gasteiger partial charge is 0.573 e. The standard InChI is InChI=1S/C14H11ClF3NO3S/c1-9-2-7-13(12(15)8-9)19-23(20,21)11-5-3-10(4-6-11)22-14(16,17)18/h2-8,19H,1H3. The number of sulfonamides is 1. The topological polar surface area (TPSA) is 55.4 Å². The van der Waals surface area contributed by atoms with E-state index in [9.17, 15) is 21.6 Å². The molecule has 0 unspecified atom stereocenters. The van der Waals surface area contributed by atoms with Crippen LogP contribution in [0, 0.1) is 6.92 Å². The Morgan fingerprint density at radius 2 is 1.70 bits per heavy atom. The van der Waals surface area contributed by atoms with Gasteiger partial charge in [0, 0.05) is 0 Å². The molecule has 0 bridgehead atoms. The summed E-state index contributed by atoms with van der Waals surface area (Å²) in [5, 5.41) is 0.214. The summed E-state index contributed by atoms with van der Waals surface area (Å²) in [7, 11) is -3.98. The predicted octanol–water partition coefficient (Wildman–Crippen LogP) is 4.35. The molecule has 2 rings (SSSR count). The van der Waals surface area contributed by atoms with E-state index in [0.29, 0.717) is 0 Å². The molecule has 4 nitrogen and oxygen atoms in total. The molecule has 0 aromatic heterocycles. The minimum Gasteiger partial charge on any atom is -0.406 e. The van der Waals surface area contributed by atoms with Gasteiger partial charge in [0.25, 0.3) is 10.0 Å². The van der Waals surface area contributed by atoms with Crippen LogP contribution in [0.3, 0.4) is 0 Å². The molecule has 0 aliphatic heterocycles. The Morgan fingerprint density at radius 3 is 2.22 bits per heavy atom. The van der Waals surface area contributed by atoms with Gasteiger partial charge in [0.1, 0.15) is 5.75 Å². The summed E-state index contributed by atoms with van der Waals surface area (Å²) in [6.45, 7) is 1.80. The average Bonchev–Trinajstić information content (AvgIpc) is 2.41. The Morgan fingerprint density at radius 1 is 1.09 bits per heavy atom. The zero-order valence-electron chi connectivity index (χ0n) is 11.7. The molecule has 0 atom stereocenters. The van der Waals surface area contributed by atoms with Crippen molar-refractivity contribution in [1.82, 2.24) is 0 Å². The first kappa shape index (κ1) is 17.4. The SMILES string of the molecule is Cc1ccc(NS(=O)(=O)c2ccc(OC(F)(F)F)cc2)c(Cl)c1. The highest BCUT2D eigenvalue weighted by molar-refractivity contribution is 7.92. The van der Waals surface area contributed by atoms with Crippen LogP contribution in [-0.4, -0.2) is 14.8 Å². The molecule has 0 saturated heterocycles. The highest BCUT2D eigenvalue weighted by Crippen LogP contribution is 2.27. The van der Waals surface area contributed by atoms with Crippen LogP contribution in [0.25, 0.3) is 0 Å². The summed E-state index contributed by atoms with van der Waals surface area (Å²) in [6.07, 6.45) is -4.84. The van der Waals surface area contributed by atoms with Crippen LogP contribution in [0.5, 0.6) is 5.75 Å². The molecule has 0 saturated carbocycles. The molecular weight excluding hydrogens is 355 g/mol. The van der Waals surface area contributed by atoms with E-state index in [2.05, 4.69) is 9.46 Å². The lowest BCUT2D eigenvalue weighted by atomic mass is 10.2. The van der Waals surface area contributed by atoms with E-state index in [0.717, 1.165) is 29.8 Å². The van der Waals surface area contributed by atoms with E-state index in [1.165, 1.54) is 6.07 Å².